The van der Waals surface area contributed by atoms with Gasteiger partial charge in [0.2, 0.25) is 0 Å². The Labute approximate surface area is 260 Å². The SMILES string of the molecule is CC[N+](CC)(CCCCN(c1ccc(F)c(Cl)c1)S(=O)(=O)c1ccc2ccccc2c1)Cc1cc(C)cc(C)c1.[Br-]. The van der Waals surface area contributed by atoms with Crippen LogP contribution in [0.2, 0.25) is 5.02 Å². The van der Waals surface area contributed by atoms with E-state index < -0.39 is 15.8 Å². The lowest BCUT2D eigenvalue weighted by molar-refractivity contribution is -0.938. The fourth-order valence-corrected chi connectivity index (χ4v) is 7.28. The number of nitrogens with zero attached hydrogens (tertiary/aromatic N) is 2. The van der Waals surface area contributed by atoms with E-state index in [0.29, 0.717) is 12.1 Å². The lowest BCUT2D eigenvalue weighted by Gasteiger charge is -2.37. The molecule has 0 spiro atoms. The van der Waals surface area contributed by atoms with E-state index in [1.165, 1.54) is 39.2 Å². The van der Waals surface area contributed by atoms with E-state index in [2.05, 4.69) is 45.9 Å². The zero-order valence-electron chi connectivity index (χ0n) is 24.2. The molecule has 0 fully saturated rings. The van der Waals surface area contributed by atoms with Crippen LogP contribution in [-0.4, -0.2) is 39.1 Å². The fraction of sp³-hybridized carbons (Fsp3) is 0.333. The molecule has 0 aromatic heterocycles. The average molecular weight is 662 g/mol. The molecule has 0 saturated carbocycles. The molecule has 8 heteroatoms. The van der Waals surface area contributed by atoms with Crippen molar-refractivity contribution in [2.45, 2.75) is 52.0 Å². The molecule has 0 bridgehead atoms. The highest BCUT2D eigenvalue weighted by atomic mass is 79.9. The van der Waals surface area contributed by atoms with Crippen molar-refractivity contribution in [3.63, 3.8) is 0 Å². The smallest absolute Gasteiger partial charge is 0.264 e. The van der Waals surface area contributed by atoms with Crippen LogP contribution < -0.4 is 21.3 Å². The Kier molecular flexibility index (Phi) is 11.4. The van der Waals surface area contributed by atoms with Crippen molar-refractivity contribution in [2.24, 2.45) is 0 Å². The van der Waals surface area contributed by atoms with E-state index >= 15 is 0 Å². The van der Waals surface area contributed by atoms with Gasteiger partial charge in [0.25, 0.3) is 10.0 Å². The monoisotopic (exact) mass is 660 g/mol. The van der Waals surface area contributed by atoms with Crippen LogP contribution in [0, 0.1) is 19.7 Å². The van der Waals surface area contributed by atoms with Crippen LogP contribution in [0.4, 0.5) is 10.1 Å². The van der Waals surface area contributed by atoms with Gasteiger partial charge in [0, 0.05) is 12.1 Å². The summed E-state index contributed by atoms with van der Waals surface area (Å²) in [7, 11) is -3.91. The largest absolute Gasteiger partial charge is 1.00 e. The number of aryl methyl sites for hydroxylation is 2. The van der Waals surface area contributed by atoms with E-state index in [1.54, 1.807) is 12.1 Å². The molecule has 0 atom stereocenters. The predicted octanol–water partition coefficient (Wildman–Crippen LogP) is 5.29. The van der Waals surface area contributed by atoms with Crippen molar-refractivity contribution in [2.75, 3.05) is 30.5 Å². The van der Waals surface area contributed by atoms with Gasteiger partial charge in [0.1, 0.15) is 12.4 Å². The summed E-state index contributed by atoms with van der Waals surface area (Å²) in [5, 5.41) is 1.72. The number of unbranched alkanes of at least 4 members (excludes halogenated alkanes) is 1. The maximum Gasteiger partial charge on any atom is 0.264 e. The number of benzene rings is 4. The Morgan fingerprint density at radius 3 is 2.12 bits per heavy atom. The van der Waals surface area contributed by atoms with Crippen molar-refractivity contribution in [3.8, 4) is 0 Å². The van der Waals surface area contributed by atoms with Crippen LogP contribution >= 0.6 is 11.6 Å². The molecule has 0 N–H and O–H groups in total. The second-order valence-electron chi connectivity index (χ2n) is 10.7. The zero-order chi connectivity index (χ0) is 28.9. The molecule has 0 heterocycles. The Bertz CT molecular complexity index is 1570. The normalized spacial score (nSPS) is 11.9. The second kappa shape index (κ2) is 14.1. The van der Waals surface area contributed by atoms with Gasteiger partial charge < -0.3 is 21.5 Å². The minimum atomic E-state index is -3.91. The first kappa shape index (κ1) is 33.1. The molecule has 0 saturated heterocycles. The summed E-state index contributed by atoms with van der Waals surface area (Å²) in [6.45, 7) is 12.9. The van der Waals surface area contributed by atoms with Crippen molar-refractivity contribution < 1.29 is 34.3 Å². The van der Waals surface area contributed by atoms with Crippen LogP contribution in [0.15, 0.2) is 83.8 Å². The number of halogens is 3. The first-order valence-corrected chi connectivity index (χ1v) is 15.8. The van der Waals surface area contributed by atoms with Gasteiger partial charge in [-0.3, -0.25) is 4.31 Å². The van der Waals surface area contributed by atoms with Gasteiger partial charge in [-0.1, -0.05) is 71.3 Å². The number of fused-ring (bicyclic) bond motifs is 1. The van der Waals surface area contributed by atoms with Gasteiger partial charge in [0.05, 0.1) is 35.2 Å². The van der Waals surface area contributed by atoms with Gasteiger partial charge in [-0.15, -0.1) is 0 Å². The third-order valence-corrected chi connectivity index (χ3v) is 10.00. The van der Waals surface area contributed by atoms with Gasteiger partial charge in [0.15, 0.2) is 0 Å². The summed E-state index contributed by atoms with van der Waals surface area (Å²) in [5.74, 6) is -0.576. The molecule has 4 aromatic carbocycles. The highest BCUT2D eigenvalue weighted by Gasteiger charge is 2.27. The first-order chi connectivity index (χ1) is 19.1. The average Bonchev–Trinajstić information content (AvgIpc) is 2.93. The lowest BCUT2D eigenvalue weighted by Crippen LogP contribution is -3.00. The molecule has 41 heavy (non-hydrogen) atoms. The van der Waals surface area contributed by atoms with Gasteiger partial charge >= 0.3 is 0 Å². The Hall–Kier alpha value is -2.45. The van der Waals surface area contributed by atoms with E-state index in [1.807, 2.05) is 30.3 Å². The summed E-state index contributed by atoms with van der Waals surface area (Å²) in [6.07, 6.45) is 1.51. The summed E-state index contributed by atoms with van der Waals surface area (Å²) in [5.41, 5.74) is 4.24. The first-order valence-electron chi connectivity index (χ1n) is 14.0. The Morgan fingerprint density at radius 1 is 0.829 bits per heavy atom. The number of rotatable bonds is 12. The molecule has 220 valence electrons. The van der Waals surface area contributed by atoms with Crippen molar-refractivity contribution in [3.05, 3.63) is 106 Å². The van der Waals surface area contributed by atoms with E-state index in [0.717, 1.165) is 47.9 Å². The molecule has 0 unspecified atom stereocenters. The second-order valence-corrected chi connectivity index (χ2v) is 13.0. The number of hydrogen-bond acceptors (Lipinski definition) is 2. The summed E-state index contributed by atoms with van der Waals surface area (Å²) in [4.78, 5) is 0.203. The third kappa shape index (κ3) is 7.89. The van der Waals surface area contributed by atoms with Crippen LogP contribution in [0.1, 0.15) is 43.4 Å². The highest BCUT2D eigenvalue weighted by molar-refractivity contribution is 7.92. The molecule has 0 amide bonds. The topological polar surface area (TPSA) is 37.4 Å². The van der Waals surface area contributed by atoms with Crippen LogP contribution in [0.5, 0.6) is 0 Å². The highest BCUT2D eigenvalue weighted by Crippen LogP contribution is 2.30. The van der Waals surface area contributed by atoms with Gasteiger partial charge in [-0.05, 0) is 81.6 Å². The van der Waals surface area contributed by atoms with Gasteiger partial charge in [-0.2, -0.15) is 0 Å². The van der Waals surface area contributed by atoms with Gasteiger partial charge in [-0.25, -0.2) is 12.8 Å². The summed E-state index contributed by atoms with van der Waals surface area (Å²) < 4.78 is 44.2. The summed E-state index contributed by atoms with van der Waals surface area (Å²) in [6, 6.07) is 23.6. The molecular weight excluding hydrogens is 623 g/mol. The molecule has 4 aromatic rings. The lowest BCUT2D eigenvalue weighted by atomic mass is 10.1. The molecule has 0 aliphatic heterocycles. The van der Waals surface area contributed by atoms with Crippen LogP contribution in [-0.2, 0) is 16.6 Å². The number of anilines is 1. The molecular formula is C33H39BrClFN2O2S. The van der Waals surface area contributed by atoms with Crippen LogP contribution in [0.3, 0.4) is 0 Å². The van der Waals surface area contributed by atoms with E-state index in [9.17, 15) is 12.8 Å². The minimum absolute atomic E-state index is 0. The van der Waals surface area contributed by atoms with Crippen molar-refractivity contribution in [1.82, 2.24) is 0 Å². The maximum atomic E-state index is 14.0. The van der Waals surface area contributed by atoms with E-state index in [4.69, 9.17) is 11.6 Å². The predicted molar refractivity (Wildman–Crippen MR) is 165 cm³/mol. The Balaban J connectivity index is 0.00000462. The molecule has 0 aliphatic carbocycles. The third-order valence-electron chi connectivity index (χ3n) is 7.88. The fourth-order valence-electron chi connectivity index (χ4n) is 5.58. The molecule has 0 radical (unpaired) electrons. The number of sulfonamides is 1. The number of hydrogen-bond donors (Lipinski definition) is 0. The quantitative estimate of drug-likeness (QED) is 0.153. The Morgan fingerprint density at radius 2 is 1.49 bits per heavy atom. The van der Waals surface area contributed by atoms with Crippen molar-refractivity contribution in [1.29, 1.82) is 0 Å². The standard InChI is InChI=1S/C33H39ClFN2O2S.BrH/c1-5-37(6-2,24-27-20-25(3)19-26(4)21-27)18-10-9-17-36(30-14-16-33(35)32(34)23-30)40(38,39)31-15-13-28-11-7-8-12-29(28)22-31;/h7-8,11-16,19-23H,5-6,9-10,17-18,24H2,1-4H3;1H/q+1;/p-1. The zero-order valence-corrected chi connectivity index (χ0v) is 27.4. The molecule has 4 rings (SSSR count). The minimum Gasteiger partial charge on any atom is -1.00 e. The van der Waals surface area contributed by atoms with Crippen molar-refractivity contribution >= 4 is 38.1 Å². The number of quaternary nitrogens is 1. The maximum absolute atomic E-state index is 14.0. The van der Waals surface area contributed by atoms with E-state index in [-0.39, 0.29) is 33.4 Å². The summed E-state index contributed by atoms with van der Waals surface area (Å²) >= 11 is 6.09. The molecule has 0 aliphatic rings. The molecule has 4 nitrogen and oxygen atoms in total. The van der Waals surface area contributed by atoms with Crippen LogP contribution in [0.25, 0.3) is 10.8 Å².